The van der Waals surface area contributed by atoms with Crippen LogP contribution in [0, 0.1) is 5.92 Å². The van der Waals surface area contributed by atoms with E-state index in [1.807, 2.05) is 54.6 Å². The summed E-state index contributed by atoms with van der Waals surface area (Å²) in [5.41, 5.74) is 2.83. The molecule has 4 rings (SSSR count). The molecule has 3 unspecified atom stereocenters. The number of nitrogens with zero attached hydrogens (tertiary/aromatic N) is 1. The van der Waals surface area contributed by atoms with Gasteiger partial charge in [-0.15, -0.1) is 0 Å². The maximum Gasteiger partial charge on any atom is 0.322 e. The lowest BCUT2D eigenvalue weighted by Gasteiger charge is -2.36. The Labute approximate surface area is 218 Å². The van der Waals surface area contributed by atoms with Gasteiger partial charge in [0, 0.05) is 7.05 Å². The lowest BCUT2D eigenvalue weighted by atomic mass is 9.82. The van der Waals surface area contributed by atoms with Crippen LogP contribution in [0.15, 0.2) is 83.8 Å². The minimum Gasteiger partial charge on any atom is -0.497 e. The maximum absolute atomic E-state index is 13.5. The molecule has 0 saturated heterocycles. The molecule has 0 amide bonds. The molecular formula is C29H33NO6S. The Balaban J connectivity index is 1.47. The van der Waals surface area contributed by atoms with Crippen molar-refractivity contribution in [2.45, 2.75) is 49.3 Å². The summed E-state index contributed by atoms with van der Waals surface area (Å²) < 4.78 is 39.2. The Morgan fingerprint density at radius 3 is 2.19 bits per heavy atom. The van der Waals surface area contributed by atoms with E-state index in [2.05, 4.69) is 0 Å². The summed E-state index contributed by atoms with van der Waals surface area (Å²) in [5, 5.41) is 10.1. The van der Waals surface area contributed by atoms with E-state index in [0.29, 0.717) is 19.4 Å². The Kier molecular flexibility index (Phi) is 8.63. The molecule has 1 saturated carbocycles. The van der Waals surface area contributed by atoms with Crippen LogP contribution in [-0.4, -0.2) is 50.1 Å². The normalized spacial score (nSPS) is 18.9. The number of carboxylic acid groups (broad SMARTS) is 1. The number of hydrogen-bond donors (Lipinski definition) is 1. The van der Waals surface area contributed by atoms with Gasteiger partial charge in [-0.2, -0.15) is 4.31 Å². The van der Waals surface area contributed by atoms with Crippen molar-refractivity contribution in [1.82, 2.24) is 4.31 Å². The van der Waals surface area contributed by atoms with E-state index in [1.165, 1.54) is 19.2 Å². The van der Waals surface area contributed by atoms with Crippen LogP contribution in [0.25, 0.3) is 11.1 Å². The van der Waals surface area contributed by atoms with Crippen molar-refractivity contribution in [3.05, 3.63) is 84.4 Å². The number of likely N-dealkylation sites (N-methyl/N-ethyl adjacent to an activating group) is 1. The zero-order valence-corrected chi connectivity index (χ0v) is 21.9. The van der Waals surface area contributed by atoms with Gasteiger partial charge >= 0.3 is 5.97 Å². The number of carbonyl (C=O) groups is 1. The lowest BCUT2D eigenvalue weighted by molar-refractivity contribution is -0.144. The topological polar surface area (TPSA) is 93.1 Å². The van der Waals surface area contributed by atoms with Gasteiger partial charge in [0.2, 0.25) is 10.0 Å². The predicted octanol–water partition coefficient (Wildman–Crippen LogP) is 5.21. The van der Waals surface area contributed by atoms with Crippen LogP contribution in [-0.2, 0) is 26.2 Å². The van der Waals surface area contributed by atoms with Crippen molar-refractivity contribution < 1.29 is 27.8 Å². The monoisotopic (exact) mass is 523 g/mol. The number of hydrogen-bond acceptors (Lipinski definition) is 5. The molecule has 3 aromatic rings. The van der Waals surface area contributed by atoms with Gasteiger partial charge in [0.25, 0.3) is 0 Å². The molecular weight excluding hydrogens is 490 g/mol. The van der Waals surface area contributed by atoms with E-state index in [-0.39, 0.29) is 16.9 Å². The molecule has 196 valence electrons. The first-order valence-corrected chi connectivity index (χ1v) is 13.8. The van der Waals surface area contributed by atoms with E-state index in [1.54, 1.807) is 19.2 Å². The minimum atomic E-state index is -4.02. The second kappa shape index (κ2) is 11.9. The second-order valence-electron chi connectivity index (χ2n) is 9.40. The molecule has 0 spiro atoms. The Hall–Kier alpha value is -3.20. The zero-order valence-electron chi connectivity index (χ0n) is 21.1. The van der Waals surface area contributed by atoms with Gasteiger partial charge in [0.1, 0.15) is 11.8 Å². The average molecular weight is 524 g/mol. The molecule has 1 fully saturated rings. The van der Waals surface area contributed by atoms with Gasteiger partial charge in [-0.05, 0) is 66.1 Å². The smallest absolute Gasteiger partial charge is 0.322 e. The number of carboxylic acids is 1. The van der Waals surface area contributed by atoms with Crippen molar-refractivity contribution in [2.24, 2.45) is 5.92 Å². The van der Waals surface area contributed by atoms with E-state index >= 15 is 0 Å². The summed E-state index contributed by atoms with van der Waals surface area (Å²) in [6.07, 6.45) is 2.65. The van der Waals surface area contributed by atoms with Crippen molar-refractivity contribution in [3.8, 4) is 16.9 Å². The first kappa shape index (κ1) is 26.9. The summed E-state index contributed by atoms with van der Waals surface area (Å²) in [5.74, 6) is -0.750. The van der Waals surface area contributed by atoms with Crippen molar-refractivity contribution in [3.63, 3.8) is 0 Å². The second-order valence-corrected chi connectivity index (χ2v) is 11.4. The molecule has 1 aliphatic carbocycles. The molecule has 37 heavy (non-hydrogen) atoms. The molecule has 0 aromatic heterocycles. The average Bonchev–Trinajstić information content (AvgIpc) is 2.93. The number of ether oxygens (including phenoxy) is 2. The minimum absolute atomic E-state index is 0.0613. The van der Waals surface area contributed by atoms with Gasteiger partial charge < -0.3 is 14.6 Å². The number of methoxy groups -OCH3 is 1. The largest absolute Gasteiger partial charge is 0.497 e. The van der Waals surface area contributed by atoms with E-state index in [9.17, 15) is 18.3 Å². The molecule has 0 bridgehead atoms. The molecule has 1 aliphatic rings. The van der Waals surface area contributed by atoms with E-state index in [0.717, 1.165) is 39.6 Å². The standard InChI is InChI=1S/C29H33NO6S/c1-30(37(33,34)27-17-13-23(14-18-27)22-11-15-25(35-2)16-12-22)28(29(31)32)24-9-6-10-26(19-24)36-20-21-7-4-3-5-8-21/h3-5,7-8,11-18,24,26,28H,6,9-10,19-20H2,1-2H3,(H,31,32). The molecule has 0 radical (unpaired) electrons. The highest BCUT2D eigenvalue weighted by Crippen LogP contribution is 2.34. The Bertz CT molecular complexity index is 1280. The van der Waals surface area contributed by atoms with Crippen LogP contribution in [0.1, 0.15) is 31.2 Å². The van der Waals surface area contributed by atoms with Gasteiger partial charge in [-0.25, -0.2) is 8.42 Å². The number of rotatable bonds is 10. The van der Waals surface area contributed by atoms with Crippen molar-refractivity contribution >= 4 is 16.0 Å². The summed E-state index contributed by atoms with van der Waals surface area (Å²) in [6.45, 7) is 0.449. The summed E-state index contributed by atoms with van der Waals surface area (Å²) in [4.78, 5) is 12.4. The fraction of sp³-hybridized carbons (Fsp3) is 0.345. The third kappa shape index (κ3) is 6.39. The molecule has 7 nitrogen and oxygen atoms in total. The quantitative estimate of drug-likeness (QED) is 0.392. The molecule has 8 heteroatoms. The lowest BCUT2D eigenvalue weighted by Crippen LogP contribution is -2.48. The predicted molar refractivity (Wildman–Crippen MR) is 142 cm³/mol. The number of sulfonamides is 1. The highest BCUT2D eigenvalue weighted by atomic mass is 32.2. The molecule has 1 N–H and O–H groups in total. The third-order valence-corrected chi connectivity index (χ3v) is 8.89. The first-order valence-electron chi connectivity index (χ1n) is 12.4. The molecule has 0 heterocycles. The Morgan fingerprint density at radius 2 is 1.59 bits per heavy atom. The fourth-order valence-corrected chi connectivity index (χ4v) is 6.35. The maximum atomic E-state index is 13.5. The van der Waals surface area contributed by atoms with Crippen LogP contribution in [0.3, 0.4) is 0 Å². The summed E-state index contributed by atoms with van der Waals surface area (Å²) in [6, 6.07) is 22.6. The van der Waals surface area contributed by atoms with Crippen LogP contribution >= 0.6 is 0 Å². The fourth-order valence-electron chi connectivity index (χ4n) is 4.98. The number of aliphatic carboxylic acids is 1. The first-order chi connectivity index (χ1) is 17.8. The number of benzene rings is 3. The highest BCUT2D eigenvalue weighted by molar-refractivity contribution is 7.89. The van der Waals surface area contributed by atoms with Crippen molar-refractivity contribution in [1.29, 1.82) is 0 Å². The van der Waals surface area contributed by atoms with Gasteiger partial charge in [-0.3, -0.25) is 4.79 Å². The van der Waals surface area contributed by atoms with E-state index < -0.39 is 22.0 Å². The van der Waals surface area contributed by atoms with Crippen LogP contribution in [0.2, 0.25) is 0 Å². The van der Waals surface area contributed by atoms with Gasteiger partial charge in [0.15, 0.2) is 0 Å². The molecule has 3 atom stereocenters. The van der Waals surface area contributed by atoms with E-state index in [4.69, 9.17) is 9.47 Å². The van der Waals surface area contributed by atoms with Crippen LogP contribution in [0.5, 0.6) is 5.75 Å². The summed E-state index contributed by atoms with van der Waals surface area (Å²) in [7, 11) is -1.06. The van der Waals surface area contributed by atoms with Crippen LogP contribution < -0.4 is 4.74 Å². The molecule has 0 aliphatic heterocycles. The SMILES string of the molecule is COc1ccc(-c2ccc(S(=O)(=O)N(C)C(C(=O)O)C3CCCC(OCc4ccccc4)C3)cc2)cc1. The summed E-state index contributed by atoms with van der Waals surface area (Å²) >= 11 is 0. The van der Waals surface area contributed by atoms with Gasteiger partial charge in [0.05, 0.1) is 24.7 Å². The Morgan fingerprint density at radius 1 is 0.973 bits per heavy atom. The zero-order chi connectivity index (χ0) is 26.4. The van der Waals surface area contributed by atoms with Crippen LogP contribution in [0.4, 0.5) is 0 Å². The highest BCUT2D eigenvalue weighted by Gasteiger charge is 2.40. The van der Waals surface area contributed by atoms with Crippen molar-refractivity contribution in [2.75, 3.05) is 14.2 Å². The van der Waals surface area contributed by atoms with Gasteiger partial charge in [-0.1, -0.05) is 61.0 Å². The molecule has 3 aromatic carbocycles. The third-order valence-electron chi connectivity index (χ3n) is 7.04.